The number of rotatable bonds is 3. The zero-order chi connectivity index (χ0) is 9.14. The number of aliphatic hydroxyl groups is 2. The summed E-state index contributed by atoms with van der Waals surface area (Å²) in [4.78, 5) is 5.01. The lowest BCUT2D eigenvalue weighted by Gasteiger charge is -2.11. The summed E-state index contributed by atoms with van der Waals surface area (Å²) in [5, 5.41) is 19.7. The second-order valence-electron chi connectivity index (χ2n) is 2.48. The number of aliphatic hydroxyl groups excluding tert-OH is 2. The molecule has 0 aliphatic carbocycles. The molecule has 0 aromatic carbocycles. The third-order valence-corrected chi connectivity index (χ3v) is 3.06. The Morgan fingerprint density at radius 3 is 2.75 bits per heavy atom. The van der Waals surface area contributed by atoms with Gasteiger partial charge in [0, 0.05) is 16.4 Å². The summed E-state index contributed by atoms with van der Waals surface area (Å²) in [6.07, 6.45) is 0.0306. The largest absolute Gasteiger partial charge is 0.389 e. The highest BCUT2D eigenvalue weighted by Crippen LogP contribution is 2.22. The van der Waals surface area contributed by atoms with Crippen LogP contribution in [0.5, 0.6) is 0 Å². The van der Waals surface area contributed by atoms with Crippen LogP contribution in [-0.2, 0) is 0 Å². The number of aryl methyl sites for hydroxylation is 1. The van der Waals surface area contributed by atoms with Crippen molar-refractivity contribution in [3.05, 3.63) is 16.1 Å². The van der Waals surface area contributed by atoms with Gasteiger partial charge in [-0.3, -0.25) is 0 Å². The van der Waals surface area contributed by atoms with E-state index >= 15 is 0 Å². The van der Waals surface area contributed by atoms with Gasteiger partial charge >= 0.3 is 0 Å². The van der Waals surface area contributed by atoms with Gasteiger partial charge in [0.25, 0.3) is 0 Å². The minimum absolute atomic E-state index is 0.354. The van der Waals surface area contributed by atoms with Crippen LogP contribution in [0.2, 0.25) is 0 Å². The van der Waals surface area contributed by atoms with Crippen molar-refractivity contribution in [2.24, 2.45) is 0 Å². The van der Waals surface area contributed by atoms with Gasteiger partial charge in [0.1, 0.15) is 11.1 Å². The third kappa shape index (κ3) is 2.26. The molecule has 2 unspecified atom stereocenters. The Bertz CT molecular complexity index is 253. The zero-order valence-corrected chi connectivity index (χ0v) is 8.97. The first kappa shape index (κ1) is 10.1. The van der Waals surface area contributed by atoms with E-state index in [9.17, 15) is 10.2 Å². The zero-order valence-electron chi connectivity index (χ0n) is 6.57. The van der Waals surface area contributed by atoms with Crippen molar-refractivity contribution >= 4 is 27.3 Å². The van der Waals surface area contributed by atoms with Crippen LogP contribution in [0.15, 0.2) is 6.20 Å². The van der Waals surface area contributed by atoms with Gasteiger partial charge in [0.2, 0.25) is 0 Å². The number of thiazole rings is 1. The highest BCUT2D eigenvalue weighted by atomic mass is 79.9. The number of hydrogen-bond donors (Lipinski definition) is 2. The lowest BCUT2D eigenvalue weighted by Crippen LogP contribution is -2.19. The molecule has 1 aromatic rings. The number of hydrogen-bond acceptors (Lipinski definition) is 4. The van der Waals surface area contributed by atoms with Gasteiger partial charge in [-0.25, -0.2) is 4.98 Å². The topological polar surface area (TPSA) is 53.4 Å². The fraction of sp³-hybridized carbons (Fsp3) is 0.571. The lowest BCUT2D eigenvalue weighted by molar-refractivity contribution is 0.0341. The standard InChI is InChI=1S/C7H10BrNO2S/c1-4-3-9-7(12-4)6(11)5(10)2-8/h3,5-6,10-11H,2H2,1H3. The van der Waals surface area contributed by atoms with Crippen molar-refractivity contribution in [1.29, 1.82) is 0 Å². The molecule has 0 aliphatic rings. The molecule has 1 rings (SSSR count). The van der Waals surface area contributed by atoms with Crippen molar-refractivity contribution < 1.29 is 10.2 Å². The molecular formula is C7H10BrNO2S. The SMILES string of the molecule is Cc1cnc(C(O)C(O)CBr)s1. The van der Waals surface area contributed by atoms with Crippen LogP contribution in [0, 0.1) is 6.92 Å². The van der Waals surface area contributed by atoms with Gasteiger partial charge in [0.05, 0.1) is 6.10 Å². The van der Waals surface area contributed by atoms with Crippen molar-refractivity contribution in [1.82, 2.24) is 4.98 Å². The first-order valence-corrected chi connectivity index (χ1v) is 5.43. The van der Waals surface area contributed by atoms with E-state index in [1.807, 2.05) is 6.92 Å². The maximum atomic E-state index is 9.47. The Labute approximate surface area is 83.2 Å². The van der Waals surface area contributed by atoms with E-state index < -0.39 is 12.2 Å². The minimum atomic E-state index is -0.872. The summed E-state index contributed by atoms with van der Waals surface area (Å²) >= 11 is 4.48. The quantitative estimate of drug-likeness (QED) is 0.796. The van der Waals surface area contributed by atoms with Gasteiger partial charge in [-0.1, -0.05) is 15.9 Å². The van der Waals surface area contributed by atoms with Gasteiger partial charge in [-0.15, -0.1) is 11.3 Å². The van der Waals surface area contributed by atoms with Crippen molar-refractivity contribution in [2.45, 2.75) is 19.1 Å². The van der Waals surface area contributed by atoms with E-state index in [0.717, 1.165) is 4.88 Å². The molecule has 0 radical (unpaired) electrons. The number of aromatic nitrogens is 1. The second kappa shape index (κ2) is 4.32. The molecule has 0 saturated carbocycles. The van der Waals surface area contributed by atoms with Crippen molar-refractivity contribution in [3.8, 4) is 0 Å². The smallest absolute Gasteiger partial charge is 0.132 e. The predicted molar refractivity (Wildman–Crippen MR) is 51.6 cm³/mol. The van der Waals surface area contributed by atoms with Gasteiger partial charge in [0.15, 0.2) is 0 Å². The molecule has 0 spiro atoms. The highest BCUT2D eigenvalue weighted by molar-refractivity contribution is 9.09. The van der Waals surface area contributed by atoms with Crippen LogP contribution in [0.1, 0.15) is 16.0 Å². The lowest BCUT2D eigenvalue weighted by atomic mass is 10.2. The Balaban J connectivity index is 2.70. The first-order valence-electron chi connectivity index (χ1n) is 3.49. The summed E-state index contributed by atoms with van der Waals surface area (Å²) in [5.74, 6) is 0. The van der Waals surface area contributed by atoms with Crippen LogP contribution in [-0.4, -0.2) is 26.6 Å². The summed E-state index contributed by atoms with van der Waals surface area (Å²) in [7, 11) is 0. The van der Waals surface area contributed by atoms with Crippen LogP contribution in [0.3, 0.4) is 0 Å². The Hall–Kier alpha value is 0.0300. The van der Waals surface area contributed by atoms with Crippen LogP contribution in [0.4, 0.5) is 0 Å². The molecule has 2 atom stereocenters. The maximum absolute atomic E-state index is 9.47. The minimum Gasteiger partial charge on any atom is -0.389 e. The van der Waals surface area contributed by atoms with E-state index in [1.165, 1.54) is 11.3 Å². The van der Waals surface area contributed by atoms with Crippen LogP contribution in [0.25, 0.3) is 0 Å². The number of alkyl halides is 1. The van der Waals surface area contributed by atoms with Gasteiger partial charge in [-0.05, 0) is 6.92 Å². The van der Waals surface area contributed by atoms with Crippen molar-refractivity contribution in [2.75, 3.05) is 5.33 Å². The molecule has 0 amide bonds. The van der Waals surface area contributed by atoms with E-state index in [2.05, 4.69) is 20.9 Å². The molecule has 0 fully saturated rings. The predicted octanol–water partition coefficient (Wildman–Crippen LogP) is 1.24. The normalized spacial score (nSPS) is 16.0. The van der Waals surface area contributed by atoms with Gasteiger partial charge in [-0.2, -0.15) is 0 Å². The molecule has 0 aliphatic heterocycles. The summed E-state index contributed by atoms with van der Waals surface area (Å²) in [6, 6.07) is 0. The molecule has 1 heterocycles. The van der Waals surface area contributed by atoms with E-state index in [-0.39, 0.29) is 0 Å². The Kier molecular flexibility index (Phi) is 3.64. The Morgan fingerprint density at radius 1 is 1.67 bits per heavy atom. The average Bonchev–Trinajstić information content (AvgIpc) is 2.49. The molecule has 0 saturated heterocycles. The number of halogens is 1. The molecule has 5 heteroatoms. The molecule has 1 aromatic heterocycles. The van der Waals surface area contributed by atoms with Crippen LogP contribution < -0.4 is 0 Å². The van der Waals surface area contributed by atoms with E-state index in [1.54, 1.807) is 6.20 Å². The summed E-state index contributed by atoms with van der Waals surface area (Å²) in [6.45, 7) is 1.91. The molecule has 0 bridgehead atoms. The highest BCUT2D eigenvalue weighted by Gasteiger charge is 2.19. The third-order valence-electron chi connectivity index (χ3n) is 1.41. The molecule has 68 valence electrons. The monoisotopic (exact) mass is 251 g/mol. The molecule has 3 nitrogen and oxygen atoms in total. The molecular weight excluding hydrogens is 242 g/mol. The van der Waals surface area contributed by atoms with Gasteiger partial charge < -0.3 is 10.2 Å². The van der Waals surface area contributed by atoms with Crippen molar-refractivity contribution in [3.63, 3.8) is 0 Å². The molecule has 2 N–H and O–H groups in total. The Morgan fingerprint density at radius 2 is 2.33 bits per heavy atom. The second-order valence-corrected chi connectivity index (χ2v) is 4.39. The fourth-order valence-electron chi connectivity index (χ4n) is 0.758. The van der Waals surface area contributed by atoms with E-state index in [0.29, 0.717) is 10.3 Å². The number of nitrogens with zero attached hydrogens (tertiary/aromatic N) is 1. The molecule has 12 heavy (non-hydrogen) atoms. The van der Waals surface area contributed by atoms with E-state index in [4.69, 9.17) is 0 Å². The summed E-state index contributed by atoms with van der Waals surface area (Å²) < 4.78 is 0. The summed E-state index contributed by atoms with van der Waals surface area (Å²) in [5.41, 5.74) is 0. The average molecular weight is 252 g/mol. The fourth-order valence-corrected chi connectivity index (χ4v) is 1.93. The maximum Gasteiger partial charge on any atom is 0.132 e. The first-order chi connectivity index (χ1) is 5.65. The van der Waals surface area contributed by atoms with Crippen LogP contribution >= 0.6 is 27.3 Å².